The molecular weight excluding hydrogens is 194 g/mol. The Bertz CT molecular complexity index is 356. The van der Waals surface area contributed by atoms with Crippen molar-refractivity contribution in [2.45, 2.75) is 47.1 Å². The normalized spacial score (nSPS) is 14.4. The first-order valence-electron chi connectivity index (χ1n) is 5.03. The third-order valence-electron chi connectivity index (χ3n) is 2.73. The maximum Gasteiger partial charge on any atom is 0.195 e. The van der Waals surface area contributed by atoms with Gasteiger partial charge in [0.05, 0.1) is 0 Å². The first-order chi connectivity index (χ1) is 6.38. The van der Waals surface area contributed by atoms with Crippen LogP contribution in [0, 0.1) is 10.2 Å². The van der Waals surface area contributed by atoms with Crippen LogP contribution in [0.2, 0.25) is 0 Å². The average Bonchev–Trinajstić information content (AvgIpc) is 2.43. The summed E-state index contributed by atoms with van der Waals surface area (Å²) in [5.74, 6) is 1.04. The molecule has 4 heteroatoms. The highest BCUT2D eigenvalue weighted by molar-refractivity contribution is 7.71. The van der Waals surface area contributed by atoms with Gasteiger partial charge in [-0.3, -0.25) is 5.10 Å². The van der Waals surface area contributed by atoms with E-state index in [0.29, 0.717) is 6.04 Å². The molecule has 0 aliphatic carbocycles. The quantitative estimate of drug-likeness (QED) is 0.766. The van der Waals surface area contributed by atoms with Gasteiger partial charge >= 0.3 is 0 Å². The van der Waals surface area contributed by atoms with Crippen molar-refractivity contribution in [3.63, 3.8) is 0 Å². The molecule has 1 aromatic heterocycles. The predicted octanol–water partition coefficient (Wildman–Crippen LogP) is 3.11. The van der Waals surface area contributed by atoms with Crippen LogP contribution in [-0.4, -0.2) is 14.8 Å². The Labute approximate surface area is 90.5 Å². The molecule has 0 bridgehead atoms. The molecule has 1 heterocycles. The Balaban J connectivity index is 3.17. The molecule has 0 radical (unpaired) electrons. The standard InChI is InChI=1S/C10H19N3S/c1-6-8-11-12-9(14)13(8)7(2)10(3,4)5/h7H,6H2,1-5H3,(H,12,14). The lowest BCUT2D eigenvalue weighted by Crippen LogP contribution is -2.23. The van der Waals surface area contributed by atoms with Crippen molar-refractivity contribution in [3.8, 4) is 0 Å². The molecule has 0 spiro atoms. The highest BCUT2D eigenvalue weighted by Crippen LogP contribution is 2.30. The van der Waals surface area contributed by atoms with E-state index in [4.69, 9.17) is 12.2 Å². The highest BCUT2D eigenvalue weighted by Gasteiger charge is 2.24. The SMILES string of the molecule is CCc1n[nH]c(=S)n1C(C)C(C)(C)C. The van der Waals surface area contributed by atoms with Crippen molar-refractivity contribution in [1.82, 2.24) is 14.8 Å². The van der Waals surface area contributed by atoms with Crippen molar-refractivity contribution in [1.29, 1.82) is 0 Å². The Morgan fingerprint density at radius 3 is 2.50 bits per heavy atom. The molecule has 1 atom stereocenters. The maximum atomic E-state index is 5.23. The minimum Gasteiger partial charge on any atom is -0.301 e. The Morgan fingerprint density at radius 2 is 2.07 bits per heavy atom. The fraction of sp³-hybridized carbons (Fsp3) is 0.800. The third kappa shape index (κ3) is 2.05. The van der Waals surface area contributed by atoms with E-state index >= 15 is 0 Å². The van der Waals surface area contributed by atoms with Gasteiger partial charge in [-0.25, -0.2) is 0 Å². The summed E-state index contributed by atoms with van der Waals surface area (Å²) in [5.41, 5.74) is 0.200. The lowest BCUT2D eigenvalue weighted by molar-refractivity contribution is 0.255. The molecule has 1 rings (SSSR count). The molecule has 0 aliphatic rings. The molecule has 14 heavy (non-hydrogen) atoms. The minimum absolute atomic E-state index is 0.200. The van der Waals surface area contributed by atoms with E-state index in [2.05, 4.69) is 49.4 Å². The second-order valence-corrected chi connectivity index (χ2v) is 5.10. The molecule has 0 aliphatic heterocycles. The molecule has 1 unspecified atom stereocenters. The fourth-order valence-corrected chi connectivity index (χ4v) is 1.68. The van der Waals surface area contributed by atoms with Gasteiger partial charge in [-0.05, 0) is 24.6 Å². The second kappa shape index (κ2) is 3.85. The summed E-state index contributed by atoms with van der Waals surface area (Å²) in [6, 6.07) is 0.365. The molecular formula is C10H19N3S. The number of hydrogen-bond acceptors (Lipinski definition) is 2. The van der Waals surface area contributed by atoms with E-state index in [0.717, 1.165) is 17.0 Å². The van der Waals surface area contributed by atoms with Gasteiger partial charge in [0.1, 0.15) is 5.82 Å². The molecule has 0 aromatic carbocycles. The Hall–Kier alpha value is -0.640. The highest BCUT2D eigenvalue weighted by atomic mass is 32.1. The van der Waals surface area contributed by atoms with E-state index in [-0.39, 0.29) is 5.41 Å². The number of hydrogen-bond donors (Lipinski definition) is 1. The number of nitrogens with zero attached hydrogens (tertiary/aromatic N) is 2. The first-order valence-corrected chi connectivity index (χ1v) is 5.44. The van der Waals surface area contributed by atoms with Crippen molar-refractivity contribution >= 4 is 12.2 Å². The monoisotopic (exact) mass is 213 g/mol. The van der Waals surface area contributed by atoms with E-state index in [1.807, 2.05) is 0 Å². The number of rotatable bonds is 2. The zero-order valence-electron chi connectivity index (χ0n) is 9.59. The third-order valence-corrected chi connectivity index (χ3v) is 3.02. The van der Waals surface area contributed by atoms with E-state index < -0.39 is 0 Å². The van der Waals surface area contributed by atoms with Gasteiger partial charge in [0.2, 0.25) is 0 Å². The van der Waals surface area contributed by atoms with Crippen LogP contribution in [0.25, 0.3) is 0 Å². The fourth-order valence-electron chi connectivity index (χ4n) is 1.37. The van der Waals surface area contributed by atoms with Crippen LogP contribution in [-0.2, 0) is 6.42 Å². The zero-order valence-corrected chi connectivity index (χ0v) is 10.4. The van der Waals surface area contributed by atoms with E-state index in [1.54, 1.807) is 0 Å². The molecule has 0 amide bonds. The number of H-pyrrole nitrogens is 1. The van der Waals surface area contributed by atoms with Crippen molar-refractivity contribution < 1.29 is 0 Å². The number of nitrogens with one attached hydrogen (secondary N) is 1. The van der Waals surface area contributed by atoms with Crippen LogP contribution in [0.5, 0.6) is 0 Å². The molecule has 1 N–H and O–H groups in total. The van der Waals surface area contributed by atoms with Crippen LogP contribution in [0.4, 0.5) is 0 Å². The van der Waals surface area contributed by atoms with Crippen molar-refractivity contribution in [3.05, 3.63) is 10.6 Å². The molecule has 0 saturated carbocycles. The summed E-state index contributed by atoms with van der Waals surface area (Å²) >= 11 is 5.23. The van der Waals surface area contributed by atoms with Crippen LogP contribution in [0.1, 0.15) is 46.5 Å². The van der Waals surface area contributed by atoms with Gasteiger partial charge in [-0.15, -0.1) is 0 Å². The van der Waals surface area contributed by atoms with Gasteiger partial charge < -0.3 is 4.57 Å². The summed E-state index contributed by atoms with van der Waals surface area (Å²) in [6.07, 6.45) is 0.910. The summed E-state index contributed by atoms with van der Waals surface area (Å²) in [4.78, 5) is 0. The molecule has 1 aromatic rings. The van der Waals surface area contributed by atoms with Gasteiger partial charge in [0.25, 0.3) is 0 Å². The van der Waals surface area contributed by atoms with Gasteiger partial charge in [0.15, 0.2) is 4.77 Å². The Morgan fingerprint density at radius 1 is 1.50 bits per heavy atom. The van der Waals surface area contributed by atoms with Crippen LogP contribution in [0.15, 0.2) is 0 Å². The summed E-state index contributed by atoms with van der Waals surface area (Å²) in [5, 5.41) is 7.07. The van der Waals surface area contributed by atoms with Crippen LogP contribution >= 0.6 is 12.2 Å². The summed E-state index contributed by atoms with van der Waals surface area (Å²) in [7, 11) is 0. The number of aromatic nitrogens is 3. The Kier molecular flexibility index (Phi) is 3.14. The first kappa shape index (κ1) is 11.4. The van der Waals surface area contributed by atoms with Gasteiger partial charge in [-0.2, -0.15) is 5.10 Å². The van der Waals surface area contributed by atoms with Crippen molar-refractivity contribution in [2.24, 2.45) is 5.41 Å². The van der Waals surface area contributed by atoms with E-state index in [9.17, 15) is 0 Å². The van der Waals surface area contributed by atoms with Crippen molar-refractivity contribution in [2.75, 3.05) is 0 Å². The lowest BCUT2D eigenvalue weighted by atomic mass is 9.88. The lowest BCUT2D eigenvalue weighted by Gasteiger charge is -2.29. The predicted molar refractivity (Wildman–Crippen MR) is 61.0 cm³/mol. The summed E-state index contributed by atoms with van der Waals surface area (Å²) < 4.78 is 2.85. The molecule has 80 valence electrons. The average molecular weight is 213 g/mol. The topological polar surface area (TPSA) is 33.6 Å². The second-order valence-electron chi connectivity index (χ2n) is 4.71. The zero-order chi connectivity index (χ0) is 10.9. The number of aryl methyl sites for hydroxylation is 1. The van der Waals surface area contributed by atoms with E-state index in [1.165, 1.54) is 0 Å². The van der Waals surface area contributed by atoms with Crippen LogP contribution in [0.3, 0.4) is 0 Å². The molecule has 0 saturated heterocycles. The molecule has 0 fully saturated rings. The smallest absolute Gasteiger partial charge is 0.195 e. The largest absolute Gasteiger partial charge is 0.301 e. The summed E-state index contributed by atoms with van der Waals surface area (Å²) in [6.45, 7) is 10.9. The number of aromatic amines is 1. The van der Waals surface area contributed by atoms with Crippen LogP contribution < -0.4 is 0 Å². The minimum atomic E-state index is 0.200. The molecule has 3 nitrogen and oxygen atoms in total. The van der Waals surface area contributed by atoms with Gasteiger partial charge in [0, 0.05) is 12.5 Å². The maximum absolute atomic E-state index is 5.23. The van der Waals surface area contributed by atoms with Gasteiger partial charge in [-0.1, -0.05) is 27.7 Å².